The zero-order chi connectivity index (χ0) is 45.5. The number of sulfonamides is 1. The topological polar surface area (TPSA) is 185 Å². The van der Waals surface area contributed by atoms with Crippen molar-refractivity contribution in [3.05, 3.63) is 90.5 Å². The summed E-state index contributed by atoms with van der Waals surface area (Å²) in [5.41, 5.74) is 0.0755. The van der Waals surface area contributed by atoms with Crippen molar-refractivity contribution in [2.75, 3.05) is 13.7 Å². The first-order valence-electron chi connectivity index (χ1n) is 21.7. The second-order valence-corrected chi connectivity index (χ2v) is 21.5. The van der Waals surface area contributed by atoms with Gasteiger partial charge in [-0.05, 0) is 75.5 Å². The van der Waals surface area contributed by atoms with Crippen molar-refractivity contribution in [3.8, 4) is 22.8 Å². The van der Waals surface area contributed by atoms with Crippen molar-refractivity contribution in [1.82, 2.24) is 30.6 Å². The lowest BCUT2D eigenvalue weighted by Crippen LogP contribution is -2.61. The summed E-state index contributed by atoms with van der Waals surface area (Å²) in [5.74, 6) is -1.16. The molecule has 1 saturated heterocycles. The van der Waals surface area contributed by atoms with E-state index < -0.39 is 73.2 Å². The number of nitrogens with one attached hydrogen (secondary N) is 4. The van der Waals surface area contributed by atoms with Gasteiger partial charge in [-0.3, -0.25) is 19.1 Å². The Kier molecular flexibility index (Phi) is 12.3. The van der Waals surface area contributed by atoms with Gasteiger partial charge in [0, 0.05) is 35.0 Å². The molecule has 2 heterocycles. The van der Waals surface area contributed by atoms with Gasteiger partial charge in [-0.1, -0.05) is 94.8 Å². The molecule has 7 rings (SSSR count). The molecule has 1 aromatic heterocycles. The Bertz CT molecular complexity index is 2480. The van der Waals surface area contributed by atoms with Crippen LogP contribution in [0.5, 0.6) is 11.5 Å². The van der Waals surface area contributed by atoms with E-state index in [-0.39, 0.29) is 31.7 Å². The summed E-state index contributed by atoms with van der Waals surface area (Å²) in [6.45, 7) is 12.8. The summed E-state index contributed by atoms with van der Waals surface area (Å²) in [7, 11) is -2.56. The fraction of sp³-hybridized carbons (Fsp3) is 0.479. The van der Waals surface area contributed by atoms with Crippen LogP contribution >= 0.6 is 0 Å². The molecule has 4 aromatic rings. The number of rotatable bonds is 14. The number of methoxy groups -OCH3 is 1. The molecular formula is C48H60N6O8S. The summed E-state index contributed by atoms with van der Waals surface area (Å²) < 4.78 is 41.4. The van der Waals surface area contributed by atoms with Crippen molar-refractivity contribution >= 4 is 44.7 Å². The number of carbonyl (C=O) groups is 4. The summed E-state index contributed by atoms with van der Waals surface area (Å²) in [5, 5.41) is 9.38. The highest BCUT2D eigenvalue weighted by atomic mass is 32.2. The lowest BCUT2D eigenvalue weighted by Gasteiger charge is -2.36. The number of fused-ring (bicyclic) bond motifs is 1. The number of urea groups is 1. The molecule has 3 aliphatic rings. The molecule has 3 aromatic carbocycles. The minimum atomic E-state index is -4.14. The number of hydrogen-bond acceptors (Lipinski definition) is 9. The molecular weight excluding hydrogens is 821 g/mol. The van der Waals surface area contributed by atoms with E-state index in [9.17, 15) is 27.6 Å². The van der Waals surface area contributed by atoms with Crippen LogP contribution in [-0.2, 0) is 30.8 Å². The molecule has 336 valence electrons. The van der Waals surface area contributed by atoms with Crippen LogP contribution in [0, 0.1) is 11.3 Å². The molecule has 0 radical (unpaired) electrons. The maximum Gasteiger partial charge on any atom is 0.315 e. The predicted octanol–water partition coefficient (Wildman–Crippen LogP) is 6.28. The molecule has 3 fully saturated rings. The Morgan fingerprint density at radius 1 is 0.921 bits per heavy atom. The first-order chi connectivity index (χ1) is 29.7. The van der Waals surface area contributed by atoms with Gasteiger partial charge >= 0.3 is 6.03 Å². The zero-order valence-electron chi connectivity index (χ0n) is 37.4. The quantitative estimate of drug-likeness (QED) is 0.113. The molecule has 14 nitrogen and oxygen atoms in total. The number of pyridine rings is 1. The molecule has 0 bridgehead atoms. The van der Waals surface area contributed by atoms with Crippen LogP contribution in [0.2, 0.25) is 0 Å². The third-order valence-corrected chi connectivity index (χ3v) is 14.5. The van der Waals surface area contributed by atoms with Gasteiger partial charge < -0.3 is 30.3 Å². The van der Waals surface area contributed by atoms with Crippen LogP contribution in [0.25, 0.3) is 22.2 Å². The van der Waals surface area contributed by atoms with Gasteiger partial charge in [-0.25, -0.2) is 18.2 Å². The van der Waals surface area contributed by atoms with E-state index in [1.54, 1.807) is 13.2 Å². The van der Waals surface area contributed by atoms with Crippen LogP contribution in [0.4, 0.5) is 4.79 Å². The Balaban J connectivity index is 1.20. The molecule has 63 heavy (non-hydrogen) atoms. The van der Waals surface area contributed by atoms with E-state index in [1.807, 2.05) is 127 Å². The van der Waals surface area contributed by atoms with Gasteiger partial charge in [0.15, 0.2) is 0 Å². The van der Waals surface area contributed by atoms with Gasteiger partial charge in [0.2, 0.25) is 21.8 Å². The fourth-order valence-electron chi connectivity index (χ4n) is 8.62. The van der Waals surface area contributed by atoms with Gasteiger partial charge in [0.25, 0.3) is 5.91 Å². The van der Waals surface area contributed by atoms with E-state index in [4.69, 9.17) is 14.5 Å². The predicted molar refractivity (Wildman–Crippen MR) is 241 cm³/mol. The summed E-state index contributed by atoms with van der Waals surface area (Å²) >= 11 is 0. The van der Waals surface area contributed by atoms with Crippen molar-refractivity contribution in [3.63, 3.8) is 0 Å². The Labute approximate surface area is 370 Å². The second kappa shape index (κ2) is 17.1. The molecule has 0 spiro atoms. The van der Waals surface area contributed by atoms with Crippen molar-refractivity contribution < 1.29 is 37.1 Å². The molecule has 15 heteroatoms. The Morgan fingerprint density at radius 3 is 2.17 bits per heavy atom. The van der Waals surface area contributed by atoms with E-state index in [0.29, 0.717) is 47.4 Å². The summed E-state index contributed by atoms with van der Waals surface area (Å²) in [6.07, 6.45) is 1.13. The van der Waals surface area contributed by atoms with Crippen molar-refractivity contribution in [2.24, 2.45) is 11.3 Å². The molecule has 5 amide bonds. The van der Waals surface area contributed by atoms with E-state index in [1.165, 1.54) is 4.90 Å². The Morgan fingerprint density at radius 2 is 1.59 bits per heavy atom. The Hall–Kier alpha value is -5.70. The summed E-state index contributed by atoms with van der Waals surface area (Å²) in [4.78, 5) is 63.5. The van der Waals surface area contributed by atoms with Crippen molar-refractivity contribution in [1.29, 1.82) is 0 Å². The van der Waals surface area contributed by atoms with Gasteiger partial charge in [-0.2, -0.15) is 0 Å². The average molecular weight is 881 g/mol. The van der Waals surface area contributed by atoms with Crippen LogP contribution < -0.4 is 30.1 Å². The van der Waals surface area contributed by atoms with Gasteiger partial charge in [0.1, 0.15) is 35.2 Å². The lowest BCUT2D eigenvalue weighted by atomic mass is 9.85. The number of amides is 5. The minimum absolute atomic E-state index is 0.0283. The minimum Gasteiger partial charge on any atom is -0.497 e. The number of hydrogen-bond donors (Lipinski definition) is 4. The zero-order valence-corrected chi connectivity index (χ0v) is 38.2. The number of carbonyl (C=O) groups excluding carboxylic acids is 4. The molecule has 2 saturated carbocycles. The average Bonchev–Trinajstić information content (AvgIpc) is 4.13. The van der Waals surface area contributed by atoms with Crippen LogP contribution in [0.3, 0.4) is 0 Å². The maximum atomic E-state index is 14.9. The highest BCUT2D eigenvalue weighted by Crippen LogP contribution is 2.49. The number of benzene rings is 3. The molecule has 5 atom stereocenters. The van der Waals surface area contributed by atoms with Crippen LogP contribution in [-0.4, -0.2) is 89.7 Å². The highest BCUT2D eigenvalue weighted by Gasteiger charge is 2.64. The smallest absolute Gasteiger partial charge is 0.315 e. The maximum absolute atomic E-state index is 14.9. The normalized spacial score (nSPS) is 22.1. The number of aromatic nitrogens is 1. The number of ether oxygens (including phenoxy) is 2. The number of likely N-dealkylation sites (tertiary alicyclic amines) is 1. The first kappa shape index (κ1) is 45.3. The molecule has 2 aliphatic carbocycles. The van der Waals surface area contributed by atoms with Gasteiger partial charge in [0.05, 0.1) is 29.6 Å². The highest BCUT2D eigenvalue weighted by molar-refractivity contribution is 7.91. The third-order valence-electron chi connectivity index (χ3n) is 12.4. The molecule has 1 unspecified atom stereocenters. The van der Waals surface area contributed by atoms with E-state index >= 15 is 0 Å². The largest absolute Gasteiger partial charge is 0.497 e. The first-order valence-corrected chi connectivity index (χ1v) is 23.2. The van der Waals surface area contributed by atoms with E-state index in [0.717, 1.165) is 11.1 Å². The fourth-order valence-corrected chi connectivity index (χ4v) is 10.3. The SMILES string of the molecule is CCC1C[C@]1(NC(=O)[C@@H]1C[C@@H](Oc2cc(-c3ccccc3)nc3cc(OC)ccc23)CN1C(=O)[C@@H](NC(=O)NC(C)(C)C)C(C)(C)C)C(=O)NS(=O)(=O)C1(Cc2ccccc2)CC1. The van der Waals surface area contributed by atoms with Crippen molar-refractivity contribution in [2.45, 2.75) is 121 Å². The van der Waals surface area contributed by atoms with Gasteiger partial charge in [-0.15, -0.1) is 0 Å². The third kappa shape index (κ3) is 9.78. The molecule has 1 aliphatic heterocycles. The van der Waals surface area contributed by atoms with Crippen LogP contribution in [0.15, 0.2) is 84.9 Å². The molecule has 4 N–H and O–H groups in total. The summed E-state index contributed by atoms with van der Waals surface area (Å²) in [6, 6.07) is 23.5. The van der Waals surface area contributed by atoms with E-state index in [2.05, 4.69) is 20.7 Å². The number of nitrogens with zero attached hydrogens (tertiary/aromatic N) is 2. The lowest BCUT2D eigenvalue weighted by molar-refractivity contribution is -0.142. The van der Waals surface area contributed by atoms with Crippen LogP contribution in [0.1, 0.15) is 86.1 Å². The monoisotopic (exact) mass is 880 g/mol. The standard InChI is InChI=1S/C48H60N6O8S/c1-9-32-28-48(32,43(57)53-63(59,60)47(22-23-47)27-30-16-12-10-13-17-30)51-41(55)38-25-34(29-54(38)42(56)40(45(2,3)4)50-44(58)52-46(5,6)7)62-39-26-36(31-18-14-11-15-19-31)49-37-24-33(61-8)20-21-35(37)39/h10-21,24,26,32,34,38,40H,9,22-23,25,27-29H2,1-8H3,(H,51,55)(H,53,57)(H2,50,52,58)/t32?,34-,38+,40-,48-/m1/s1. The second-order valence-electron chi connectivity index (χ2n) is 19.4.